The molecule has 104 valence electrons. The number of nitrogens with zero attached hydrogens (tertiary/aromatic N) is 2. The molecular formula is C13H19N3O2S. The van der Waals surface area contributed by atoms with E-state index in [-0.39, 0.29) is 24.4 Å². The second-order valence-electron chi connectivity index (χ2n) is 5.30. The van der Waals surface area contributed by atoms with Gasteiger partial charge in [0.2, 0.25) is 11.8 Å². The van der Waals surface area contributed by atoms with Crippen molar-refractivity contribution in [3.8, 4) is 0 Å². The fourth-order valence-corrected chi connectivity index (χ4v) is 2.82. The average molecular weight is 281 g/mol. The number of nitrogens with one attached hydrogen (secondary N) is 1. The van der Waals surface area contributed by atoms with Gasteiger partial charge < -0.3 is 10.2 Å². The molecule has 1 aromatic rings. The van der Waals surface area contributed by atoms with Crippen molar-refractivity contribution in [3.63, 3.8) is 0 Å². The van der Waals surface area contributed by atoms with Crippen LogP contribution in [0.4, 0.5) is 0 Å². The third kappa shape index (κ3) is 3.53. The molecule has 1 aliphatic heterocycles. The molecule has 5 nitrogen and oxygen atoms in total. The molecule has 0 aromatic carbocycles. The average Bonchev–Trinajstić information content (AvgIpc) is 2.70. The minimum absolute atomic E-state index is 0.000969. The fraction of sp³-hybridized carbons (Fsp3) is 0.615. The van der Waals surface area contributed by atoms with Gasteiger partial charge in [0.05, 0.1) is 17.2 Å². The van der Waals surface area contributed by atoms with Crippen LogP contribution in [0.25, 0.3) is 0 Å². The third-order valence-corrected chi connectivity index (χ3v) is 3.83. The van der Waals surface area contributed by atoms with Gasteiger partial charge >= 0.3 is 0 Å². The first kappa shape index (κ1) is 14.0. The zero-order valence-electron chi connectivity index (χ0n) is 11.5. The van der Waals surface area contributed by atoms with Crippen molar-refractivity contribution < 1.29 is 9.59 Å². The molecule has 1 N–H and O–H groups in total. The van der Waals surface area contributed by atoms with Crippen molar-refractivity contribution in [1.29, 1.82) is 0 Å². The Kier molecular flexibility index (Phi) is 4.19. The van der Waals surface area contributed by atoms with E-state index in [2.05, 4.69) is 10.3 Å². The summed E-state index contributed by atoms with van der Waals surface area (Å²) in [5, 5.41) is 5.68. The van der Waals surface area contributed by atoms with Crippen LogP contribution in [-0.2, 0) is 16.1 Å². The second-order valence-corrected chi connectivity index (χ2v) is 6.36. The molecule has 2 amide bonds. The Labute approximate surface area is 117 Å². The first-order valence-corrected chi connectivity index (χ1v) is 7.33. The van der Waals surface area contributed by atoms with Crippen LogP contribution in [0.2, 0.25) is 0 Å². The molecule has 1 atom stereocenters. The lowest BCUT2D eigenvalue weighted by Crippen LogP contribution is -2.57. The maximum Gasteiger partial charge on any atom is 0.245 e. The van der Waals surface area contributed by atoms with Crippen molar-refractivity contribution in [2.24, 2.45) is 5.92 Å². The highest BCUT2D eigenvalue weighted by atomic mass is 32.1. The van der Waals surface area contributed by atoms with Crippen LogP contribution < -0.4 is 5.32 Å². The number of aromatic nitrogens is 1. The van der Waals surface area contributed by atoms with Crippen molar-refractivity contribution in [2.45, 2.75) is 39.8 Å². The highest BCUT2D eigenvalue weighted by Gasteiger charge is 2.33. The molecule has 2 heterocycles. The number of hydrogen-bond acceptors (Lipinski definition) is 4. The van der Waals surface area contributed by atoms with Crippen LogP contribution in [0.3, 0.4) is 0 Å². The van der Waals surface area contributed by atoms with E-state index in [4.69, 9.17) is 0 Å². The Bertz CT molecular complexity index is 484. The van der Waals surface area contributed by atoms with Crippen LogP contribution in [0, 0.1) is 12.8 Å². The third-order valence-electron chi connectivity index (χ3n) is 3.01. The number of piperazine rings is 1. The summed E-state index contributed by atoms with van der Waals surface area (Å²) in [5.74, 6) is 0.284. The smallest absolute Gasteiger partial charge is 0.245 e. The largest absolute Gasteiger partial charge is 0.343 e. The number of aryl methyl sites for hydroxylation is 1. The second kappa shape index (κ2) is 5.69. The highest BCUT2D eigenvalue weighted by Crippen LogP contribution is 2.15. The van der Waals surface area contributed by atoms with Crippen LogP contribution in [-0.4, -0.2) is 34.3 Å². The Morgan fingerprint density at radius 3 is 2.84 bits per heavy atom. The monoisotopic (exact) mass is 281 g/mol. The fourth-order valence-electron chi connectivity index (χ4n) is 2.21. The molecule has 1 aliphatic rings. The summed E-state index contributed by atoms with van der Waals surface area (Å²) in [7, 11) is 0. The Hall–Kier alpha value is -1.43. The standard InChI is InChI=1S/C13H19N3O2S/c1-8(2)4-11-13(18)16(6-12(17)15-11)5-10-7-19-9(3)14-10/h7-8,11H,4-6H2,1-3H3,(H,15,17). The number of thiazole rings is 1. The van der Waals surface area contributed by atoms with Gasteiger partial charge in [-0.05, 0) is 19.3 Å². The molecule has 2 rings (SSSR count). The normalized spacial score (nSPS) is 20.0. The zero-order valence-corrected chi connectivity index (χ0v) is 12.3. The number of carbonyl (C=O) groups is 2. The molecule has 0 saturated carbocycles. The van der Waals surface area contributed by atoms with Gasteiger partial charge in [-0.1, -0.05) is 13.8 Å². The van der Waals surface area contributed by atoms with E-state index < -0.39 is 0 Å². The first-order valence-electron chi connectivity index (χ1n) is 6.45. The summed E-state index contributed by atoms with van der Waals surface area (Å²) in [6.07, 6.45) is 0.678. The molecule has 1 saturated heterocycles. The summed E-state index contributed by atoms with van der Waals surface area (Å²) in [6, 6.07) is -0.388. The van der Waals surface area contributed by atoms with Crippen molar-refractivity contribution in [3.05, 3.63) is 16.1 Å². The molecule has 6 heteroatoms. The summed E-state index contributed by atoms with van der Waals surface area (Å²) in [5.41, 5.74) is 0.855. The SMILES string of the molecule is Cc1nc(CN2CC(=O)NC(CC(C)C)C2=O)cs1. The van der Waals surface area contributed by atoms with E-state index in [9.17, 15) is 9.59 Å². The predicted molar refractivity (Wildman–Crippen MR) is 73.7 cm³/mol. The molecule has 1 unspecified atom stereocenters. The summed E-state index contributed by atoms with van der Waals surface area (Å²) >= 11 is 1.56. The van der Waals surface area contributed by atoms with E-state index in [1.807, 2.05) is 26.2 Å². The molecule has 19 heavy (non-hydrogen) atoms. The van der Waals surface area contributed by atoms with E-state index in [0.29, 0.717) is 18.9 Å². The number of amides is 2. The minimum atomic E-state index is -0.388. The predicted octanol–water partition coefficient (Wildman–Crippen LogP) is 1.32. The Morgan fingerprint density at radius 2 is 2.26 bits per heavy atom. The maximum atomic E-state index is 12.3. The van der Waals surface area contributed by atoms with Gasteiger partial charge in [-0.2, -0.15) is 0 Å². The minimum Gasteiger partial charge on any atom is -0.343 e. The topological polar surface area (TPSA) is 62.3 Å². The number of carbonyl (C=O) groups excluding carboxylic acids is 2. The highest BCUT2D eigenvalue weighted by molar-refractivity contribution is 7.09. The van der Waals surface area contributed by atoms with Crippen LogP contribution in [0.15, 0.2) is 5.38 Å². The first-order chi connectivity index (χ1) is 8.95. The lowest BCUT2D eigenvalue weighted by molar-refractivity contribution is -0.145. The Morgan fingerprint density at radius 1 is 1.53 bits per heavy atom. The Balaban J connectivity index is 2.06. The molecule has 0 spiro atoms. The van der Waals surface area contributed by atoms with Gasteiger partial charge in [0.1, 0.15) is 12.6 Å². The molecule has 0 radical (unpaired) electrons. The van der Waals surface area contributed by atoms with Gasteiger partial charge in [0.25, 0.3) is 0 Å². The molecule has 1 fully saturated rings. The quantitative estimate of drug-likeness (QED) is 0.905. The lowest BCUT2D eigenvalue weighted by Gasteiger charge is -2.32. The van der Waals surface area contributed by atoms with Gasteiger partial charge in [0, 0.05) is 5.38 Å². The number of rotatable bonds is 4. The summed E-state index contributed by atoms with van der Waals surface area (Å²) < 4.78 is 0. The van der Waals surface area contributed by atoms with Crippen LogP contribution in [0.1, 0.15) is 31.0 Å². The zero-order chi connectivity index (χ0) is 14.0. The van der Waals surface area contributed by atoms with E-state index in [1.165, 1.54) is 0 Å². The van der Waals surface area contributed by atoms with Gasteiger partial charge in [-0.3, -0.25) is 9.59 Å². The van der Waals surface area contributed by atoms with Gasteiger partial charge in [-0.15, -0.1) is 11.3 Å². The van der Waals surface area contributed by atoms with Gasteiger partial charge in [0.15, 0.2) is 0 Å². The summed E-state index contributed by atoms with van der Waals surface area (Å²) in [4.78, 5) is 29.9. The van der Waals surface area contributed by atoms with Crippen molar-refractivity contribution in [1.82, 2.24) is 15.2 Å². The van der Waals surface area contributed by atoms with E-state index >= 15 is 0 Å². The van der Waals surface area contributed by atoms with Crippen LogP contribution in [0.5, 0.6) is 0 Å². The maximum absolute atomic E-state index is 12.3. The number of hydrogen-bond donors (Lipinski definition) is 1. The molecule has 0 aliphatic carbocycles. The van der Waals surface area contributed by atoms with Crippen molar-refractivity contribution >= 4 is 23.2 Å². The molecular weight excluding hydrogens is 262 g/mol. The molecule has 0 bridgehead atoms. The van der Waals surface area contributed by atoms with Crippen molar-refractivity contribution in [2.75, 3.05) is 6.54 Å². The summed E-state index contributed by atoms with van der Waals surface area (Å²) in [6.45, 7) is 6.57. The lowest BCUT2D eigenvalue weighted by atomic mass is 10.0. The van der Waals surface area contributed by atoms with E-state index in [1.54, 1.807) is 16.2 Å². The van der Waals surface area contributed by atoms with Gasteiger partial charge in [-0.25, -0.2) is 4.98 Å². The van der Waals surface area contributed by atoms with E-state index in [0.717, 1.165) is 10.7 Å². The molecule has 1 aromatic heterocycles. The van der Waals surface area contributed by atoms with Crippen LogP contribution >= 0.6 is 11.3 Å².